The van der Waals surface area contributed by atoms with Crippen LogP contribution in [0.1, 0.15) is 56.2 Å². The van der Waals surface area contributed by atoms with Crippen molar-refractivity contribution in [2.75, 3.05) is 13.1 Å². The third-order valence-electron chi connectivity index (χ3n) is 5.57. The van der Waals surface area contributed by atoms with Crippen LogP contribution in [0.2, 0.25) is 0 Å². The number of hydrogen-bond donors (Lipinski definition) is 1. The van der Waals surface area contributed by atoms with Crippen LogP contribution >= 0.6 is 0 Å². The SMILES string of the molecule is NC1(c2noc(C3CCCN(S(=O)(=O)c4ccc(F)cc4)C3)n2)CCCC1. The lowest BCUT2D eigenvalue weighted by Crippen LogP contribution is -2.39. The lowest BCUT2D eigenvalue weighted by Gasteiger charge is -2.30. The second-order valence-corrected chi connectivity index (χ2v) is 9.41. The maximum Gasteiger partial charge on any atom is 0.243 e. The van der Waals surface area contributed by atoms with Gasteiger partial charge in [0.15, 0.2) is 5.82 Å². The molecule has 2 aliphatic rings. The van der Waals surface area contributed by atoms with Gasteiger partial charge in [-0.25, -0.2) is 12.8 Å². The first-order chi connectivity index (χ1) is 12.9. The van der Waals surface area contributed by atoms with Gasteiger partial charge in [0.05, 0.1) is 16.4 Å². The van der Waals surface area contributed by atoms with Crippen LogP contribution in [-0.2, 0) is 15.6 Å². The molecule has 1 unspecified atom stereocenters. The number of rotatable bonds is 4. The molecule has 1 atom stereocenters. The third-order valence-corrected chi connectivity index (χ3v) is 7.45. The molecule has 1 saturated carbocycles. The fourth-order valence-electron chi connectivity index (χ4n) is 3.95. The fourth-order valence-corrected chi connectivity index (χ4v) is 5.47. The molecule has 146 valence electrons. The summed E-state index contributed by atoms with van der Waals surface area (Å²) in [5.41, 5.74) is 5.85. The minimum Gasteiger partial charge on any atom is -0.339 e. The second kappa shape index (κ2) is 6.96. The highest BCUT2D eigenvalue weighted by molar-refractivity contribution is 7.89. The van der Waals surface area contributed by atoms with Gasteiger partial charge in [-0.15, -0.1) is 0 Å². The maximum absolute atomic E-state index is 13.1. The minimum atomic E-state index is -3.69. The Labute approximate surface area is 157 Å². The molecule has 0 radical (unpaired) electrons. The van der Waals surface area contributed by atoms with E-state index in [9.17, 15) is 12.8 Å². The predicted octanol–water partition coefficient (Wildman–Crippen LogP) is 2.51. The Morgan fingerprint density at radius 1 is 1.19 bits per heavy atom. The first kappa shape index (κ1) is 18.5. The predicted molar refractivity (Wildman–Crippen MR) is 95.8 cm³/mol. The molecular weight excluding hydrogens is 371 g/mol. The topological polar surface area (TPSA) is 102 Å². The molecule has 27 heavy (non-hydrogen) atoms. The van der Waals surface area contributed by atoms with Crippen molar-refractivity contribution in [1.82, 2.24) is 14.4 Å². The molecule has 2 heterocycles. The van der Waals surface area contributed by atoms with Crippen LogP contribution in [-0.4, -0.2) is 36.0 Å². The number of nitrogens with zero attached hydrogens (tertiary/aromatic N) is 3. The molecule has 7 nitrogen and oxygen atoms in total. The largest absolute Gasteiger partial charge is 0.339 e. The number of sulfonamides is 1. The van der Waals surface area contributed by atoms with Gasteiger partial charge in [0, 0.05) is 13.1 Å². The summed E-state index contributed by atoms with van der Waals surface area (Å²) in [5, 5.41) is 4.08. The first-order valence-corrected chi connectivity index (χ1v) is 10.7. The Hall–Kier alpha value is -1.84. The maximum atomic E-state index is 13.1. The normalized spacial score (nSPS) is 23.6. The van der Waals surface area contributed by atoms with E-state index in [1.807, 2.05) is 0 Å². The van der Waals surface area contributed by atoms with Crippen molar-refractivity contribution in [1.29, 1.82) is 0 Å². The fraction of sp³-hybridized carbons (Fsp3) is 0.556. The molecule has 2 fully saturated rings. The molecule has 1 aliphatic carbocycles. The molecule has 1 aromatic carbocycles. The number of nitrogens with two attached hydrogens (primary N) is 1. The Bertz CT molecular complexity index is 907. The van der Waals surface area contributed by atoms with E-state index in [-0.39, 0.29) is 17.4 Å². The lowest BCUT2D eigenvalue weighted by atomic mass is 9.97. The molecule has 1 saturated heterocycles. The van der Waals surface area contributed by atoms with Gasteiger partial charge in [-0.2, -0.15) is 9.29 Å². The number of aromatic nitrogens is 2. The smallest absolute Gasteiger partial charge is 0.243 e. The van der Waals surface area contributed by atoms with E-state index in [0.29, 0.717) is 24.7 Å². The number of benzene rings is 1. The average Bonchev–Trinajstić information content (AvgIpc) is 3.32. The number of hydrogen-bond acceptors (Lipinski definition) is 6. The molecule has 9 heteroatoms. The zero-order chi connectivity index (χ0) is 19.1. The molecular formula is C18H23FN4O3S. The van der Waals surface area contributed by atoms with Crippen LogP contribution in [0.5, 0.6) is 0 Å². The molecule has 0 spiro atoms. The summed E-state index contributed by atoms with van der Waals surface area (Å²) in [4.78, 5) is 4.60. The van der Waals surface area contributed by atoms with Crippen molar-refractivity contribution in [3.05, 3.63) is 41.8 Å². The lowest BCUT2D eigenvalue weighted by molar-refractivity contribution is 0.263. The summed E-state index contributed by atoms with van der Waals surface area (Å²) in [6, 6.07) is 4.89. The molecule has 2 N–H and O–H groups in total. The van der Waals surface area contributed by atoms with Crippen molar-refractivity contribution in [3.8, 4) is 0 Å². The Balaban J connectivity index is 1.53. The standard InChI is InChI=1S/C18H23FN4O3S/c19-14-5-7-15(8-6-14)27(24,25)23-11-3-4-13(12-23)16-21-17(22-26-16)18(20)9-1-2-10-18/h5-8,13H,1-4,9-12,20H2. The Kier molecular flexibility index (Phi) is 4.77. The first-order valence-electron chi connectivity index (χ1n) is 9.27. The van der Waals surface area contributed by atoms with Crippen molar-refractivity contribution in [2.24, 2.45) is 5.73 Å². The molecule has 0 amide bonds. The molecule has 2 aromatic rings. The van der Waals surface area contributed by atoms with Crippen molar-refractivity contribution >= 4 is 10.0 Å². The van der Waals surface area contributed by atoms with Gasteiger partial charge in [0.25, 0.3) is 0 Å². The zero-order valence-corrected chi connectivity index (χ0v) is 15.8. The molecule has 4 rings (SSSR count). The summed E-state index contributed by atoms with van der Waals surface area (Å²) in [6.45, 7) is 0.678. The summed E-state index contributed by atoms with van der Waals surface area (Å²) in [7, 11) is -3.69. The Morgan fingerprint density at radius 2 is 1.89 bits per heavy atom. The van der Waals surface area contributed by atoms with Gasteiger partial charge in [0.2, 0.25) is 15.9 Å². The third kappa shape index (κ3) is 3.51. The van der Waals surface area contributed by atoms with E-state index in [0.717, 1.165) is 44.2 Å². The molecule has 1 aliphatic heterocycles. The van der Waals surface area contributed by atoms with Gasteiger partial charge in [-0.3, -0.25) is 0 Å². The highest BCUT2D eigenvalue weighted by Crippen LogP contribution is 2.36. The summed E-state index contributed by atoms with van der Waals surface area (Å²) in [5.74, 6) is 0.334. The average molecular weight is 394 g/mol. The minimum absolute atomic E-state index is 0.0858. The van der Waals surface area contributed by atoms with Gasteiger partial charge in [-0.1, -0.05) is 18.0 Å². The van der Waals surface area contributed by atoms with Crippen molar-refractivity contribution in [2.45, 2.75) is 54.9 Å². The number of piperidine rings is 1. The zero-order valence-electron chi connectivity index (χ0n) is 15.0. The van der Waals surface area contributed by atoms with Crippen molar-refractivity contribution < 1.29 is 17.3 Å². The monoisotopic (exact) mass is 394 g/mol. The molecule has 1 aromatic heterocycles. The van der Waals surface area contributed by atoms with Gasteiger partial charge < -0.3 is 10.3 Å². The summed E-state index contributed by atoms with van der Waals surface area (Å²) < 4.78 is 45.7. The van der Waals surface area contributed by atoms with Crippen LogP contribution < -0.4 is 5.73 Å². The molecule has 0 bridgehead atoms. The quantitative estimate of drug-likeness (QED) is 0.855. The van der Waals surface area contributed by atoms with Crippen LogP contribution in [0.4, 0.5) is 4.39 Å². The van der Waals surface area contributed by atoms with Crippen LogP contribution in [0.25, 0.3) is 0 Å². The highest BCUT2D eigenvalue weighted by atomic mass is 32.2. The van der Waals surface area contributed by atoms with Gasteiger partial charge in [-0.05, 0) is 49.9 Å². The summed E-state index contributed by atoms with van der Waals surface area (Å²) in [6.07, 6.45) is 5.23. The van der Waals surface area contributed by atoms with E-state index in [1.165, 1.54) is 16.4 Å². The van der Waals surface area contributed by atoms with Crippen molar-refractivity contribution in [3.63, 3.8) is 0 Å². The van der Waals surface area contributed by atoms with Gasteiger partial charge in [0.1, 0.15) is 5.82 Å². The Morgan fingerprint density at radius 3 is 2.59 bits per heavy atom. The van der Waals surface area contributed by atoms with E-state index in [2.05, 4.69) is 10.1 Å². The summed E-state index contributed by atoms with van der Waals surface area (Å²) >= 11 is 0. The van der Waals surface area contributed by atoms with Gasteiger partial charge >= 0.3 is 0 Å². The van der Waals surface area contributed by atoms with E-state index >= 15 is 0 Å². The second-order valence-electron chi connectivity index (χ2n) is 7.48. The van der Waals surface area contributed by atoms with Crippen LogP contribution in [0, 0.1) is 5.82 Å². The van der Waals surface area contributed by atoms with E-state index in [1.54, 1.807) is 0 Å². The van der Waals surface area contributed by atoms with E-state index in [4.69, 9.17) is 10.3 Å². The highest BCUT2D eigenvalue weighted by Gasteiger charge is 2.38. The van der Waals surface area contributed by atoms with Crippen LogP contribution in [0.3, 0.4) is 0 Å². The van der Waals surface area contributed by atoms with E-state index < -0.39 is 21.4 Å². The number of halogens is 1. The van der Waals surface area contributed by atoms with Crippen LogP contribution in [0.15, 0.2) is 33.7 Å².